The summed E-state index contributed by atoms with van der Waals surface area (Å²) in [5.74, 6) is -0.414. The first-order valence-corrected chi connectivity index (χ1v) is 10.1. The summed E-state index contributed by atoms with van der Waals surface area (Å²) in [5, 5.41) is 5.16. The van der Waals surface area contributed by atoms with Gasteiger partial charge in [-0.1, -0.05) is 78.9 Å². The summed E-state index contributed by atoms with van der Waals surface area (Å²) < 4.78 is 0. The zero-order valence-electron chi connectivity index (χ0n) is 16.4. The van der Waals surface area contributed by atoms with Gasteiger partial charge >= 0.3 is 0 Å². The molecule has 4 heteroatoms. The summed E-state index contributed by atoms with van der Waals surface area (Å²) in [6, 6.07) is 29.1. The minimum absolute atomic E-state index is 0.151. The molecule has 146 valence electrons. The Morgan fingerprint density at radius 2 is 1.29 bits per heavy atom. The molecule has 0 unspecified atom stereocenters. The Morgan fingerprint density at radius 1 is 0.645 bits per heavy atom. The molecule has 0 spiro atoms. The number of nitrogens with one attached hydrogen (secondary N) is 1. The fourth-order valence-electron chi connectivity index (χ4n) is 4.46. The molecule has 1 N–H and O–H groups in total. The Hall–Kier alpha value is -4.31. The second-order valence-corrected chi connectivity index (χ2v) is 7.59. The molecule has 2 amide bonds. The van der Waals surface area contributed by atoms with Crippen LogP contribution in [-0.2, 0) is 0 Å². The number of hydrogen-bond donors (Lipinski definition) is 1. The van der Waals surface area contributed by atoms with Gasteiger partial charge in [-0.15, -0.1) is 0 Å². The Bertz CT molecular complexity index is 1490. The molecular weight excluding hydrogens is 384 g/mol. The predicted octanol–water partition coefficient (Wildman–Crippen LogP) is 5.09. The molecule has 4 aromatic carbocycles. The summed E-state index contributed by atoms with van der Waals surface area (Å²) in [6.45, 7) is 0. The van der Waals surface area contributed by atoms with Gasteiger partial charge in [0.2, 0.25) is 0 Å². The molecule has 0 bridgehead atoms. The van der Waals surface area contributed by atoms with E-state index in [4.69, 9.17) is 0 Å². The van der Waals surface area contributed by atoms with Gasteiger partial charge < -0.3 is 5.32 Å². The van der Waals surface area contributed by atoms with Gasteiger partial charge in [0.25, 0.3) is 11.8 Å². The van der Waals surface area contributed by atoms with E-state index in [9.17, 15) is 9.59 Å². The third kappa shape index (κ3) is 2.58. The molecule has 6 rings (SSSR count). The summed E-state index contributed by atoms with van der Waals surface area (Å²) >= 11 is 0. The van der Waals surface area contributed by atoms with Crippen molar-refractivity contribution in [1.29, 1.82) is 0 Å². The summed E-state index contributed by atoms with van der Waals surface area (Å²) in [6.07, 6.45) is 0. The van der Waals surface area contributed by atoms with E-state index in [2.05, 4.69) is 28.5 Å². The standard InChI is InChI=1S/C27H16N2O2/c30-26-21-13-5-3-11-19(21)24(28-26)23(18-15-7-9-16-8-1-2-10-17(16)18)25-20-12-4-6-14-22(20)27(31)29-25/h1-15H,(H,28,30). The second-order valence-electron chi connectivity index (χ2n) is 7.59. The first-order chi connectivity index (χ1) is 15.2. The van der Waals surface area contributed by atoms with E-state index in [0.717, 1.165) is 33.0 Å². The number of benzene rings is 4. The van der Waals surface area contributed by atoms with E-state index >= 15 is 0 Å². The number of fused-ring (bicyclic) bond motifs is 3. The third-order valence-corrected chi connectivity index (χ3v) is 5.85. The molecule has 0 saturated heterocycles. The summed E-state index contributed by atoms with van der Waals surface area (Å²) in [5.41, 5.74) is 5.74. The first-order valence-electron chi connectivity index (χ1n) is 10.1. The van der Waals surface area contributed by atoms with Crippen LogP contribution in [-0.4, -0.2) is 17.5 Å². The van der Waals surface area contributed by atoms with Gasteiger partial charge in [-0.3, -0.25) is 9.59 Å². The van der Waals surface area contributed by atoms with Gasteiger partial charge in [-0.25, -0.2) is 4.99 Å². The number of amides is 2. The van der Waals surface area contributed by atoms with Crippen molar-refractivity contribution in [3.63, 3.8) is 0 Å². The fourth-order valence-corrected chi connectivity index (χ4v) is 4.46. The average molecular weight is 400 g/mol. The Balaban J connectivity index is 1.73. The van der Waals surface area contributed by atoms with Crippen LogP contribution in [0, 0.1) is 0 Å². The summed E-state index contributed by atoms with van der Waals surface area (Å²) in [4.78, 5) is 29.9. The summed E-state index contributed by atoms with van der Waals surface area (Å²) in [7, 11) is 0. The van der Waals surface area contributed by atoms with Crippen molar-refractivity contribution < 1.29 is 9.59 Å². The van der Waals surface area contributed by atoms with E-state index < -0.39 is 0 Å². The monoisotopic (exact) mass is 400 g/mol. The van der Waals surface area contributed by atoms with Crippen LogP contribution in [0.3, 0.4) is 0 Å². The highest BCUT2D eigenvalue weighted by Crippen LogP contribution is 2.38. The van der Waals surface area contributed by atoms with Crippen molar-refractivity contribution >= 4 is 39.6 Å². The lowest BCUT2D eigenvalue weighted by Crippen LogP contribution is -2.16. The third-order valence-electron chi connectivity index (χ3n) is 5.85. The zero-order chi connectivity index (χ0) is 20.9. The minimum Gasteiger partial charge on any atom is -0.321 e. The molecule has 2 aliphatic rings. The lowest BCUT2D eigenvalue weighted by Gasteiger charge is -2.16. The maximum absolute atomic E-state index is 12.7. The van der Waals surface area contributed by atoms with E-state index in [0.29, 0.717) is 22.5 Å². The van der Waals surface area contributed by atoms with E-state index in [-0.39, 0.29) is 11.8 Å². The normalized spacial score (nSPS) is 16.1. The van der Waals surface area contributed by atoms with Crippen LogP contribution in [0.4, 0.5) is 0 Å². The van der Waals surface area contributed by atoms with Crippen LogP contribution in [0.2, 0.25) is 0 Å². The van der Waals surface area contributed by atoms with Gasteiger partial charge in [0.1, 0.15) is 0 Å². The largest absolute Gasteiger partial charge is 0.321 e. The topological polar surface area (TPSA) is 58.5 Å². The van der Waals surface area contributed by atoms with Gasteiger partial charge in [-0.2, -0.15) is 0 Å². The molecule has 0 aromatic heterocycles. The van der Waals surface area contributed by atoms with Gasteiger partial charge in [0.15, 0.2) is 0 Å². The van der Waals surface area contributed by atoms with Crippen LogP contribution in [0.15, 0.2) is 96.0 Å². The number of nitrogens with zero attached hydrogens (tertiary/aromatic N) is 1. The first kappa shape index (κ1) is 17.5. The smallest absolute Gasteiger partial charge is 0.278 e. The van der Waals surface area contributed by atoms with Crippen molar-refractivity contribution in [3.05, 3.63) is 119 Å². The number of aliphatic imine (C=N–C) groups is 1. The second kappa shape index (κ2) is 6.61. The number of carbonyl (C=O) groups is 2. The molecule has 2 heterocycles. The van der Waals surface area contributed by atoms with E-state index in [1.165, 1.54) is 0 Å². The van der Waals surface area contributed by atoms with Crippen molar-refractivity contribution in [2.24, 2.45) is 4.99 Å². The molecular formula is C27H16N2O2. The maximum atomic E-state index is 12.7. The molecule has 0 saturated carbocycles. The fraction of sp³-hybridized carbons (Fsp3) is 0. The molecule has 0 atom stereocenters. The molecule has 2 aliphatic heterocycles. The van der Waals surface area contributed by atoms with Crippen LogP contribution in [0.25, 0.3) is 22.0 Å². The van der Waals surface area contributed by atoms with E-state index in [1.807, 2.05) is 66.7 Å². The average Bonchev–Trinajstić information content (AvgIpc) is 3.32. The molecule has 4 nitrogen and oxygen atoms in total. The number of hydrogen-bond acceptors (Lipinski definition) is 2. The lowest BCUT2D eigenvalue weighted by molar-refractivity contribution is 0.0978. The Morgan fingerprint density at radius 3 is 2.13 bits per heavy atom. The molecule has 31 heavy (non-hydrogen) atoms. The quantitative estimate of drug-likeness (QED) is 0.509. The van der Waals surface area contributed by atoms with Crippen molar-refractivity contribution in [3.8, 4) is 0 Å². The van der Waals surface area contributed by atoms with Gasteiger partial charge in [0.05, 0.1) is 17.0 Å². The maximum Gasteiger partial charge on any atom is 0.278 e. The van der Waals surface area contributed by atoms with Gasteiger partial charge in [0, 0.05) is 22.3 Å². The van der Waals surface area contributed by atoms with Crippen LogP contribution >= 0.6 is 0 Å². The number of carbonyl (C=O) groups excluding carboxylic acids is 2. The predicted molar refractivity (Wildman–Crippen MR) is 122 cm³/mol. The van der Waals surface area contributed by atoms with Crippen molar-refractivity contribution in [2.75, 3.05) is 0 Å². The lowest BCUT2D eigenvalue weighted by atomic mass is 9.88. The van der Waals surface area contributed by atoms with Crippen molar-refractivity contribution in [2.45, 2.75) is 0 Å². The van der Waals surface area contributed by atoms with Crippen LogP contribution in [0.5, 0.6) is 0 Å². The molecule has 4 aromatic rings. The molecule has 0 aliphatic carbocycles. The molecule has 0 fully saturated rings. The Kier molecular flexibility index (Phi) is 3.74. The highest BCUT2D eigenvalue weighted by molar-refractivity contribution is 6.45. The van der Waals surface area contributed by atoms with Crippen molar-refractivity contribution in [1.82, 2.24) is 5.32 Å². The molecule has 0 radical (unpaired) electrons. The highest BCUT2D eigenvalue weighted by atomic mass is 16.2. The van der Waals surface area contributed by atoms with Crippen LogP contribution < -0.4 is 5.32 Å². The zero-order valence-corrected chi connectivity index (χ0v) is 16.4. The Labute approximate surface area is 178 Å². The number of allylic oxidation sites excluding steroid dienone is 1. The van der Waals surface area contributed by atoms with Gasteiger partial charge in [-0.05, 0) is 28.5 Å². The SMILES string of the molecule is O=C1N=C(C(=C2NC(=O)c3ccccc32)c2cccc3ccccc23)c2ccccc21. The van der Waals surface area contributed by atoms with E-state index in [1.54, 1.807) is 6.07 Å². The minimum atomic E-state index is -0.262. The van der Waals surface area contributed by atoms with Crippen LogP contribution in [0.1, 0.15) is 37.4 Å². The highest BCUT2D eigenvalue weighted by Gasteiger charge is 2.33. The number of rotatable bonds is 2.